The molecule has 0 spiro atoms. The van der Waals surface area contributed by atoms with E-state index in [0.717, 1.165) is 52.2 Å². The molecule has 0 atom stereocenters. The van der Waals surface area contributed by atoms with Gasteiger partial charge in [0.25, 0.3) is 0 Å². The van der Waals surface area contributed by atoms with E-state index >= 15 is 0 Å². The first-order chi connectivity index (χ1) is 15.4. The van der Waals surface area contributed by atoms with Crippen molar-refractivity contribution >= 4 is 23.2 Å². The third-order valence-electron chi connectivity index (χ3n) is 6.12. The van der Waals surface area contributed by atoms with E-state index in [9.17, 15) is 9.59 Å². The molecule has 2 N–H and O–H groups in total. The number of amides is 2. The lowest BCUT2D eigenvalue weighted by Crippen LogP contribution is -2.27. The van der Waals surface area contributed by atoms with Gasteiger partial charge in [-0.15, -0.1) is 0 Å². The number of rotatable bonds is 5. The van der Waals surface area contributed by atoms with Crippen molar-refractivity contribution in [3.8, 4) is 22.6 Å². The Morgan fingerprint density at radius 3 is 2.31 bits per heavy atom. The highest BCUT2D eigenvalue weighted by atomic mass is 16.7. The van der Waals surface area contributed by atoms with Gasteiger partial charge in [0.1, 0.15) is 0 Å². The van der Waals surface area contributed by atoms with Crippen LogP contribution in [0.15, 0.2) is 60.7 Å². The summed E-state index contributed by atoms with van der Waals surface area (Å²) in [4.78, 5) is 24.5. The van der Waals surface area contributed by atoms with Crippen LogP contribution in [0.25, 0.3) is 11.1 Å². The van der Waals surface area contributed by atoms with Crippen LogP contribution in [0.1, 0.15) is 32.3 Å². The van der Waals surface area contributed by atoms with Crippen LogP contribution in [0.3, 0.4) is 0 Å². The van der Waals surface area contributed by atoms with Gasteiger partial charge in [0.2, 0.25) is 18.6 Å². The second kappa shape index (κ2) is 7.71. The fourth-order valence-corrected chi connectivity index (χ4v) is 4.16. The fraction of sp³-hybridized carbons (Fsp3) is 0.231. The van der Waals surface area contributed by atoms with Crippen molar-refractivity contribution in [2.24, 2.45) is 0 Å². The predicted molar refractivity (Wildman–Crippen MR) is 125 cm³/mol. The van der Waals surface area contributed by atoms with Gasteiger partial charge in [-0.05, 0) is 78.4 Å². The van der Waals surface area contributed by atoms with E-state index in [-0.39, 0.29) is 20.0 Å². The number of hydrogen-bond donors (Lipinski definition) is 2. The van der Waals surface area contributed by atoms with E-state index in [1.165, 1.54) is 6.92 Å². The van der Waals surface area contributed by atoms with Crippen LogP contribution in [-0.2, 0) is 15.0 Å². The number of carbonyl (C=O) groups excluding carboxylic acids is 2. The summed E-state index contributed by atoms with van der Waals surface area (Å²) in [5, 5.41) is 5.90. The number of aryl methyl sites for hydroxylation is 1. The second-order valence-electron chi connectivity index (χ2n) is 8.39. The van der Waals surface area contributed by atoms with Crippen LogP contribution in [0.4, 0.5) is 11.4 Å². The van der Waals surface area contributed by atoms with Crippen LogP contribution in [-0.4, -0.2) is 18.6 Å². The fourth-order valence-electron chi connectivity index (χ4n) is 4.16. The molecular formula is C26H26N2O4. The molecule has 6 nitrogen and oxygen atoms in total. The molecule has 1 aliphatic heterocycles. The zero-order valence-electron chi connectivity index (χ0n) is 18.0. The SMILES string of the molecule is CC(=O)Nc1ccc(-c2cc(NC(=O)C3(c4ccc5c(c4)OCO5)CC3)ccc2C)cc1.[HH]. The molecule has 1 saturated carbocycles. The maximum absolute atomic E-state index is 13.3. The molecule has 0 unspecified atom stereocenters. The first-order valence-electron chi connectivity index (χ1n) is 10.6. The Hall–Kier alpha value is -3.80. The van der Waals surface area contributed by atoms with Gasteiger partial charge in [0.05, 0.1) is 5.41 Å². The molecule has 6 heteroatoms. The lowest BCUT2D eigenvalue weighted by molar-refractivity contribution is -0.118. The Kier molecular flexibility index (Phi) is 4.85. The number of benzene rings is 3. The summed E-state index contributed by atoms with van der Waals surface area (Å²) in [6.07, 6.45) is 1.61. The van der Waals surface area contributed by atoms with Gasteiger partial charge in [-0.2, -0.15) is 0 Å². The number of anilines is 2. The van der Waals surface area contributed by atoms with Crippen molar-refractivity contribution in [1.29, 1.82) is 0 Å². The van der Waals surface area contributed by atoms with E-state index in [1.807, 2.05) is 67.6 Å². The highest BCUT2D eigenvalue weighted by Crippen LogP contribution is 2.51. The molecule has 0 saturated heterocycles. The molecule has 32 heavy (non-hydrogen) atoms. The summed E-state index contributed by atoms with van der Waals surface area (Å²) >= 11 is 0. The highest BCUT2D eigenvalue weighted by Gasteiger charge is 2.51. The topological polar surface area (TPSA) is 76.7 Å². The number of nitrogens with one attached hydrogen (secondary N) is 2. The largest absolute Gasteiger partial charge is 0.454 e. The molecule has 0 bridgehead atoms. The number of fused-ring (bicyclic) bond motifs is 1. The van der Waals surface area contributed by atoms with Gasteiger partial charge in [0.15, 0.2) is 11.5 Å². The first-order valence-corrected chi connectivity index (χ1v) is 10.6. The third-order valence-corrected chi connectivity index (χ3v) is 6.12. The Bertz CT molecular complexity index is 1220. The Morgan fingerprint density at radius 1 is 0.875 bits per heavy atom. The molecule has 1 aliphatic carbocycles. The van der Waals surface area contributed by atoms with Crippen molar-refractivity contribution in [1.82, 2.24) is 0 Å². The summed E-state index contributed by atoms with van der Waals surface area (Å²) in [7, 11) is 0. The van der Waals surface area contributed by atoms with Gasteiger partial charge in [-0.1, -0.05) is 24.3 Å². The van der Waals surface area contributed by atoms with Crippen LogP contribution in [0, 0.1) is 6.92 Å². The molecular weight excluding hydrogens is 404 g/mol. The number of hydrogen-bond acceptors (Lipinski definition) is 4. The average molecular weight is 431 g/mol. The minimum Gasteiger partial charge on any atom is -0.454 e. The van der Waals surface area contributed by atoms with E-state index in [0.29, 0.717) is 5.75 Å². The zero-order valence-corrected chi connectivity index (χ0v) is 18.0. The maximum atomic E-state index is 13.3. The van der Waals surface area contributed by atoms with E-state index < -0.39 is 5.41 Å². The summed E-state index contributed by atoms with van der Waals surface area (Å²) in [5.41, 5.74) is 5.10. The molecule has 2 amide bonds. The minimum atomic E-state index is -0.522. The van der Waals surface area contributed by atoms with Crippen molar-refractivity contribution < 1.29 is 20.5 Å². The van der Waals surface area contributed by atoms with Crippen LogP contribution < -0.4 is 20.1 Å². The van der Waals surface area contributed by atoms with Crippen molar-refractivity contribution in [2.75, 3.05) is 17.4 Å². The Morgan fingerprint density at radius 2 is 1.59 bits per heavy atom. The monoisotopic (exact) mass is 430 g/mol. The summed E-state index contributed by atoms with van der Waals surface area (Å²) in [6.45, 7) is 3.74. The van der Waals surface area contributed by atoms with Crippen molar-refractivity contribution in [3.63, 3.8) is 0 Å². The molecule has 2 aliphatic rings. The predicted octanol–water partition coefficient (Wildman–Crippen LogP) is 5.27. The van der Waals surface area contributed by atoms with Crippen molar-refractivity contribution in [3.05, 3.63) is 71.8 Å². The third kappa shape index (κ3) is 3.68. The van der Waals surface area contributed by atoms with Crippen LogP contribution in [0.2, 0.25) is 0 Å². The van der Waals surface area contributed by atoms with Gasteiger partial charge in [-0.3, -0.25) is 9.59 Å². The maximum Gasteiger partial charge on any atom is 0.235 e. The first kappa shape index (κ1) is 20.1. The average Bonchev–Trinajstić information content (AvgIpc) is 3.46. The summed E-state index contributed by atoms with van der Waals surface area (Å²) < 4.78 is 10.9. The Balaban J connectivity index is 0.00000259. The molecule has 0 radical (unpaired) electrons. The molecule has 3 aromatic carbocycles. The highest BCUT2D eigenvalue weighted by molar-refractivity contribution is 6.02. The normalized spacial score (nSPS) is 15.2. The van der Waals surface area contributed by atoms with Gasteiger partial charge in [0, 0.05) is 19.7 Å². The lowest BCUT2D eigenvalue weighted by Gasteiger charge is -2.17. The van der Waals surface area contributed by atoms with Gasteiger partial charge < -0.3 is 20.1 Å². The van der Waals surface area contributed by atoms with Crippen molar-refractivity contribution in [2.45, 2.75) is 32.1 Å². The number of ether oxygens (including phenoxy) is 2. The van der Waals surface area contributed by atoms with Crippen LogP contribution in [0.5, 0.6) is 11.5 Å². The Labute approximate surface area is 188 Å². The van der Waals surface area contributed by atoms with Gasteiger partial charge >= 0.3 is 0 Å². The summed E-state index contributed by atoms with van der Waals surface area (Å²) in [6, 6.07) is 19.4. The summed E-state index contributed by atoms with van der Waals surface area (Å²) in [5.74, 6) is 1.31. The van der Waals surface area contributed by atoms with Crippen LogP contribution >= 0.6 is 0 Å². The van der Waals surface area contributed by atoms with Gasteiger partial charge in [-0.25, -0.2) is 0 Å². The second-order valence-corrected chi connectivity index (χ2v) is 8.39. The molecule has 1 fully saturated rings. The molecule has 164 valence electrons. The molecule has 1 heterocycles. The molecule has 3 aromatic rings. The standard InChI is InChI=1S/C26H24N2O4.H2/c1-16-3-7-21(14-22(16)18-4-8-20(9-5-18)27-17(2)29)28-25(30)26(11-12-26)19-6-10-23-24(13-19)32-15-31-23;/h3-10,13-14H,11-12,15H2,1-2H3,(H,27,29)(H,28,30);1H. The zero-order chi connectivity index (χ0) is 22.3. The van der Waals surface area contributed by atoms with E-state index in [4.69, 9.17) is 9.47 Å². The van der Waals surface area contributed by atoms with E-state index in [2.05, 4.69) is 10.6 Å². The lowest BCUT2D eigenvalue weighted by atomic mass is 9.94. The quantitative estimate of drug-likeness (QED) is 0.578. The van der Waals surface area contributed by atoms with E-state index in [1.54, 1.807) is 0 Å². The molecule has 5 rings (SSSR count). The molecule has 0 aromatic heterocycles. The smallest absolute Gasteiger partial charge is 0.235 e. The number of carbonyl (C=O) groups is 2. The minimum absolute atomic E-state index is 0.